The Balaban J connectivity index is 1.30. The molecule has 0 aliphatic carbocycles. The number of carbonyl (C=O) groups is 1. The van der Waals surface area contributed by atoms with Crippen molar-refractivity contribution in [3.8, 4) is 11.5 Å². The Bertz CT molecular complexity index is 1310. The van der Waals surface area contributed by atoms with Crippen LogP contribution < -0.4 is 14.8 Å². The van der Waals surface area contributed by atoms with Gasteiger partial charge >= 0.3 is 0 Å². The molecule has 1 aliphatic rings. The third-order valence-electron chi connectivity index (χ3n) is 6.01. The highest BCUT2D eigenvalue weighted by molar-refractivity contribution is 7.80. The van der Waals surface area contributed by atoms with Crippen molar-refractivity contribution in [3.05, 3.63) is 62.0 Å². The zero-order chi connectivity index (χ0) is 25.8. The fraction of sp³-hybridized carbons (Fsp3) is 0.333. The average Bonchev–Trinajstić information content (AvgIpc) is 3.23. The van der Waals surface area contributed by atoms with Crippen molar-refractivity contribution in [1.29, 1.82) is 0 Å². The molecule has 2 aromatic carbocycles. The molecule has 4 rings (SSSR count). The lowest BCUT2D eigenvalue weighted by Crippen LogP contribution is -2.53. The van der Waals surface area contributed by atoms with Crippen LogP contribution in [0, 0.1) is 10.1 Å². The number of thiocarbonyl (C=S) groups is 1. The number of nitrogens with zero attached hydrogens (tertiary/aromatic N) is 3. The van der Waals surface area contributed by atoms with Crippen LogP contribution in [0.4, 0.5) is 5.69 Å². The maximum Gasteiger partial charge on any atom is 0.270 e. The smallest absolute Gasteiger partial charge is 0.270 e. The summed E-state index contributed by atoms with van der Waals surface area (Å²) in [4.78, 5) is 27.9. The molecule has 0 spiro atoms. The molecule has 190 valence electrons. The van der Waals surface area contributed by atoms with E-state index in [9.17, 15) is 14.9 Å². The Labute approximate surface area is 222 Å². The highest BCUT2D eigenvalue weighted by Gasteiger charge is 2.27. The van der Waals surface area contributed by atoms with Crippen LogP contribution in [-0.4, -0.2) is 72.7 Å². The molecule has 36 heavy (non-hydrogen) atoms. The molecule has 1 N–H and O–H groups in total. The third-order valence-corrected chi connectivity index (χ3v) is 8.06. The van der Waals surface area contributed by atoms with E-state index in [4.69, 9.17) is 33.3 Å². The number of benzene rings is 2. The van der Waals surface area contributed by atoms with Gasteiger partial charge in [-0.25, -0.2) is 0 Å². The second kappa shape index (κ2) is 11.3. The summed E-state index contributed by atoms with van der Waals surface area (Å²) in [5.41, 5.74) is 1.07. The Kier molecular flexibility index (Phi) is 8.12. The van der Waals surface area contributed by atoms with Crippen LogP contribution in [-0.2, 0) is 6.42 Å². The van der Waals surface area contributed by atoms with Crippen LogP contribution in [0.25, 0.3) is 10.1 Å². The van der Waals surface area contributed by atoms with E-state index < -0.39 is 4.92 Å². The van der Waals surface area contributed by atoms with Crippen molar-refractivity contribution in [2.45, 2.75) is 6.42 Å². The van der Waals surface area contributed by atoms with E-state index in [1.165, 1.54) is 23.5 Å². The summed E-state index contributed by atoms with van der Waals surface area (Å²) in [7, 11) is 3.22. The number of nitro benzene ring substituents is 1. The molecule has 1 aliphatic heterocycles. The quantitative estimate of drug-likeness (QED) is 0.264. The van der Waals surface area contributed by atoms with Crippen LogP contribution in [0.3, 0.4) is 0 Å². The molecule has 9 nitrogen and oxygen atoms in total. The van der Waals surface area contributed by atoms with Gasteiger partial charge in [0.05, 0.1) is 24.2 Å². The second-order valence-electron chi connectivity index (χ2n) is 8.13. The number of halogens is 1. The Morgan fingerprint density at radius 3 is 2.47 bits per heavy atom. The number of amides is 1. The molecule has 0 bridgehead atoms. The molecule has 1 amide bonds. The van der Waals surface area contributed by atoms with Gasteiger partial charge < -0.3 is 24.6 Å². The molecular weight excluding hydrogens is 524 g/mol. The topological polar surface area (TPSA) is 97.2 Å². The van der Waals surface area contributed by atoms with E-state index in [1.54, 1.807) is 25.2 Å². The second-order valence-corrected chi connectivity index (χ2v) is 9.95. The van der Waals surface area contributed by atoms with Crippen molar-refractivity contribution in [2.75, 3.05) is 46.9 Å². The summed E-state index contributed by atoms with van der Waals surface area (Å²) in [5.74, 6) is 1.21. The molecule has 1 saturated heterocycles. The minimum atomic E-state index is -0.460. The fourth-order valence-corrected chi connectivity index (χ4v) is 5.82. The molecule has 3 aromatic rings. The normalized spacial score (nSPS) is 13.5. The van der Waals surface area contributed by atoms with Gasteiger partial charge in [0.25, 0.3) is 11.6 Å². The molecule has 1 fully saturated rings. The number of rotatable bonds is 7. The summed E-state index contributed by atoms with van der Waals surface area (Å²) in [6.07, 6.45) is 0.765. The molecule has 0 atom stereocenters. The minimum Gasteiger partial charge on any atom is -0.493 e. The standard InChI is InChI=1S/C24H25ClN4O5S2/c1-33-18-6-3-15(13-19(18)34-2)7-8-26-24(35)28-11-9-27(10-12-28)23(30)22-21(25)17-5-4-16(29(31)32)14-20(17)36-22/h3-6,13-14H,7-12H2,1-2H3,(H,26,35). The number of hydrogen-bond acceptors (Lipinski definition) is 7. The number of thiophene rings is 1. The SMILES string of the molecule is COc1ccc(CCNC(=S)N2CCN(C(=O)c3sc4cc([N+](=O)[O-])ccc4c3Cl)CC2)cc1OC. The molecule has 0 saturated carbocycles. The fourth-order valence-electron chi connectivity index (χ4n) is 4.02. The maximum atomic E-state index is 13.1. The third kappa shape index (κ3) is 5.48. The van der Waals surface area contributed by atoms with Crippen LogP contribution in [0.1, 0.15) is 15.2 Å². The molecule has 1 aromatic heterocycles. The molecule has 0 unspecified atom stereocenters. The van der Waals surface area contributed by atoms with Crippen molar-refractivity contribution >= 4 is 61.9 Å². The first-order chi connectivity index (χ1) is 17.3. The van der Waals surface area contributed by atoms with Gasteiger partial charge in [-0.2, -0.15) is 0 Å². The Morgan fingerprint density at radius 2 is 1.81 bits per heavy atom. The van der Waals surface area contributed by atoms with Crippen LogP contribution >= 0.6 is 35.2 Å². The van der Waals surface area contributed by atoms with Gasteiger partial charge in [-0.15, -0.1) is 11.3 Å². The largest absolute Gasteiger partial charge is 0.493 e. The van der Waals surface area contributed by atoms with Crippen molar-refractivity contribution < 1.29 is 19.2 Å². The van der Waals surface area contributed by atoms with E-state index in [-0.39, 0.29) is 11.6 Å². The number of methoxy groups -OCH3 is 2. The number of ether oxygens (including phenoxy) is 2. The summed E-state index contributed by atoms with van der Waals surface area (Å²) < 4.78 is 11.2. The lowest BCUT2D eigenvalue weighted by molar-refractivity contribution is -0.384. The van der Waals surface area contributed by atoms with E-state index >= 15 is 0 Å². The molecular formula is C24H25ClN4O5S2. The number of fused-ring (bicyclic) bond motifs is 1. The van der Waals surface area contributed by atoms with E-state index in [1.807, 2.05) is 23.1 Å². The lowest BCUT2D eigenvalue weighted by Gasteiger charge is -2.36. The predicted octanol–water partition coefficient (Wildman–Crippen LogP) is 4.36. The van der Waals surface area contributed by atoms with Gasteiger partial charge in [-0.3, -0.25) is 14.9 Å². The molecule has 12 heteroatoms. The van der Waals surface area contributed by atoms with Crippen LogP contribution in [0.15, 0.2) is 36.4 Å². The van der Waals surface area contributed by atoms with Crippen molar-refractivity contribution in [2.24, 2.45) is 0 Å². The summed E-state index contributed by atoms with van der Waals surface area (Å²) >= 11 is 13.2. The predicted molar refractivity (Wildman–Crippen MR) is 145 cm³/mol. The lowest BCUT2D eigenvalue weighted by atomic mass is 10.1. The number of nitrogens with one attached hydrogen (secondary N) is 1. The van der Waals surface area contributed by atoms with E-state index in [0.717, 1.165) is 12.0 Å². The van der Waals surface area contributed by atoms with E-state index in [2.05, 4.69) is 5.32 Å². The van der Waals surface area contributed by atoms with Gasteiger partial charge in [-0.05, 0) is 42.4 Å². The molecule has 0 radical (unpaired) electrons. The zero-order valence-electron chi connectivity index (χ0n) is 19.8. The highest BCUT2D eigenvalue weighted by Crippen LogP contribution is 2.38. The Hall–Kier alpha value is -3.15. The number of carbonyl (C=O) groups excluding carboxylic acids is 1. The Morgan fingerprint density at radius 1 is 1.11 bits per heavy atom. The van der Waals surface area contributed by atoms with Gasteiger partial charge in [-0.1, -0.05) is 17.7 Å². The summed E-state index contributed by atoms with van der Waals surface area (Å²) in [6, 6.07) is 10.3. The first-order valence-electron chi connectivity index (χ1n) is 11.2. The van der Waals surface area contributed by atoms with Gasteiger partial charge in [0.15, 0.2) is 16.6 Å². The first-order valence-corrected chi connectivity index (χ1v) is 12.8. The monoisotopic (exact) mass is 548 g/mol. The average molecular weight is 549 g/mol. The number of piperazine rings is 1. The van der Waals surface area contributed by atoms with Gasteiger partial charge in [0.2, 0.25) is 0 Å². The van der Waals surface area contributed by atoms with Gasteiger partial charge in [0, 0.05) is 54.9 Å². The highest BCUT2D eigenvalue weighted by atomic mass is 35.5. The van der Waals surface area contributed by atoms with Crippen LogP contribution in [0.2, 0.25) is 5.02 Å². The number of nitro groups is 1. The number of hydrogen-bond donors (Lipinski definition) is 1. The van der Waals surface area contributed by atoms with Crippen LogP contribution in [0.5, 0.6) is 11.5 Å². The minimum absolute atomic E-state index is 0.0276. The summed E-state index contributed by atoms with van der Waals surface area (Å²) in [5, 5.41) is 16.0. The summed E-state index contributed by atoms with van der Waals surface area (Å²) in [6.45, 7) is 2.86. The zero-order valence-corrected chi connectivity index (χ0v) is 22.2. The molecule has 2 heterocycles. The maximum absolute atomic E-state index is 13.1. The van der Waals surface area contributed by atoms with Gasteiger partial charge in [0.1, 0.15) is 4.88 Å². The number of non-ortho nitro benzene ring substituents is 1. The van der Waals surface area contributed by atoms with Crippen molar-refractivity contribution in [3.63, 3.8) is 0 Å². The first kappa shape index (κ1) is 25.9. The van der Waals surface area contributed by atoms with E-state index in [0.29, 0.717) is 69.3 Å². The van der Waals surface area contributed by atoms with Crippen molar-refractivity contribution in [1.82, 2.24) is 15.1 Å².